The predicted molar refractivity (Wildman–Crippen MR) is 75.7 cm³/mol. The minimum Gasteiger partial charge on any atom is -0.0651 e. The first-order valence-corrected chi connectivity index (χ1v) is 7.37. The van der Waals surface area contributed by atoms with E-state index in [2.05, 4.69) is 48.5 Å². The van der Waals surface area contributed by atoms with Gasteiger partial charge in [0.1, 0.15) is 0 Å². The summed E-state index contributed by atoms with van der Waals surface area (Å²) >= 11 is 0. The van der Waals surface area contributed by atoms with Crippen LogP contribution >= 0.6 is 0 Å². The molecule has 0 aliphatic rings. The minimum absolute atomic E-state index is 0.521. The first-order chi connectivity index (χ1) is 7.37. The molecule has 0 aromatic rings. The van der Waals surface area contributed by atoms with Gasteiger partial charge in [0.2, 0.25) is 0 Å². The largest absolute Gasteiger partial charge is 0.0651 e. The molecular formula is C16H34. The van der Waals surface area contributed by atoms with E-state index in [4.69, 9.17) is 0 Å². The molecule has 0 heteroatoms. The SMILES string of the molecule is CCC(C)CC(CC)C(C)(C)CC(C)CC. The number of hydrogen-bond donors (Lipinski definition) is 0. The van der Waals surface area contributed by atoms with Crippen molar-refractivity contribution in [3.63, 3.8) is 0 Å². The number of rotatable bonds is 8. The summed E-state index contributed by atoms with van der Waals surface area (Å²) in [7, 11) is 0. The van der Waals surface area contributed by atoms with Gasteiger partial charge >= 0.3 is 0 Å². The lowest BCUT2D eigenvalue weighted by molar-refractivity contribution is 0.133. The van der Waals surface area contributed by atoms with E-state index < -0.39 is 0 Å². The summed E-state index contributed by atoms with van der Waals surface area (Å²) in [6.07, 6.45) is 6.79. The smallest absolute Gasteiger partial charge is 0.0323 e. The van der Waals surface area contributed by atoms with E-state index in [-0.39, 0.29) is 0 Å². The van der Waals surface area contributed by atoms with E-state index in [1.54, 1.807) is 0 Å². The highest BCUT2D eigenvalue weighted by Crippen LogP contribution is 2.40. The molecule has 0 heterocycles. The topological polar surface area (TPSA) is 0 Å². The molecular weight excluding hydrogens is 192 g/mol. The average molecular weight is 226 g/mol. The summed E-state index contributed by atoms with van der Waals surface area (Å²) in [6, 6.07) is 0. The fraction of sp³-hybridized carbons (Fsp3) is 1.00. The molecule has 0 saturated heterocycles. The van der Waals surface area contributed by atoms with Gasteiger partial charge in [0.25, 0.3) is 0 Å². The van der Waals surface area contributed by atoms with Crippen molar-refractivity contribution in [2.24, 2.45) is 23.2 Å². The normalized spacial score (nSPS) is 18.2. The molecule has 0 aliphatic heterocycles. The van der Waals surface area contributed by atoms with E-state index in [1.165, 1.54) is 32.1 Å². The average Bonchev–Trinajstić information content (AvgIpc) is 2.24. The van der Waals surface area contributed by atoms with Crippen molar-refractivity contribution in [2.45, 2.75) is 80.6 Å². The Morgan fingerprint density at radius 1 is 0.812 bits per heavy atom. The zero-order valence-corrected chi connectivity index (χ0v) is 12.8. The maximum absolute atomic E-state index is 2.48. The van der Waals surface area contributed by atoms with Crippen LogP contribution in [0.15, 0.2) is 0 Å². The molecule has 0 radical (unpaired) electrons. The van der Waals surface area contributed by atoms with Gasteiger partial charge in [-0.05, 0) is 36.0 Å². The summed E-state index contributed by atoms with van der Waals surface area (Å²) in [5.41, 5.74) is 0.521. The first kappa shape index (κ1) is 16.0. The van der Waals surface area contributed by atoms with Crippen LogP contribution in [-0.2, 0) is 0 Å². The molecule has 0 aliphatic carbocycles. The molecule has 3 atom stereocenters. The molecule has 0 N–H and O–H groups in total. The lowest BCUT2D eigenvalue weighted by atomic mass is 9.68. The Kier molecular flexibility index (Phi) is 7.35. The van der Waals surface area contributed by atoms with Crippen LogP contribution in [0.1, 0.15) is 80.6 Å². The van der Waals surface area contributed by atoms with Crippen LogP contribution in [0.25, 0.3) is 0 Å². The molecule has 16 heavy (non-hydrogen) atoms. The lowest BCUT2D eigenvalue weighted by Gasteiger charge is -2.37. The molecule has 0 saturated carbocycles. The highest BCUT2D eigenvalue weighted by atomic mass is 14.3. The van der Waals surface area contributed by atoms with E-state index in [9.17, 15) is 0 Å². The van der Waals surface area contributed by atoms with Crippen LogP contribution in [0.2, 0.25) is 0 Å². The van der Waals surface area contributed by atoms with Crippen molar-refractivity contribution in [1.29, 1.82) is 0 Å². The highest BCUT2D eigenvalue weighted by Gasteiger charge is 2.30. The third kappa shape index (κ3) is 5.37. The van der Waals surface area contributed by atoms with Gasteiger partial charge in [0.15, 0.2) is 0 Å². The minimum atomic E-state index is 0.521. The zero-order chi connectivity index (χ0) is 12.8. The summed E-state index contributed by atoms with van der Waals surface area (Å²) < 4.78 is 0. The van der Waals surface area contributed by atoms with E-state index >= 15 is 0 Å². The Morgan fingerprint density at radius 2 is 1.31 bits per heavy atom. The van der Waals surface area contributed by atoms with Gasteiger partial charge in [-0.3, -0.25) is 0 Å². The monoisotopic (exact) mass is 226 g/mol. The predicted octanol–water partition coefficient (Wildman–Crippen LogP) is 5.91. The van der Waals surface area contributed by atoms with Gasteiger partial charge in [0, 0.05) is 0 Å². The lowest BCUT2D eigenvalue weighted by Crippen LogP contribution is -2.27. The van der Waals surface area contributed by atoms with Gasteiger partial charge in [-0.15, -0.1) is 0 Å². The quantitative estimate of drug-likeness (QED) is 0.482. The van der Waals surface area contributed by atoms with Crippen molar-refractivity contribution >= 4 is 0 Å². The van der Waals surface area contributed by atoms with Gasteiger partial charge in [-0.25, -0.2) is 0 Å². The fourth-order valence-electron chi connectivity index (χ4n) is 2.90. The maximum atomic E-state index is 2.48. The molecule has 0 amide bonds. The molecule has 0 spiro atoms. The third-order valence-corrected chi connectivity index (χ3v) is 4.55. The third-order valence-electron chi connectivity index (χ3n) is 4.55. The summed E-state index contributed by atoms with van der Waals surface area (Å²) in [5, 5.41) is 0. The van der Waals surface area contributed by atoms with Crippen molar-refractivity contribution in [3.05, 3.63) is 0 Å². The van der Waals surface area contributed by atoms with Crippen molar-refractivity contribution in [2.75, 3.05) is 0 Å². The Hall–Kier alpha value is 0. The summed E-state index contributed by atoms with van der Waals surface area (Å²) in [5.74, 6) is 2.67. The molecule has 0 rings (SSSR count). The van der Waals surface area contributed by atoms with E-state index in [0.717, 1.165) is 17.8 Å². The maximum Gasteiger partial charge on any atom is -0.0323 e. The Balaban J connectivity index is 4.40. The second kappa shape index (κ2) is 7.35. The standard InChI is InChI=1S/C16H34/c1-8-13(4)11-15(10-3)16(6,7)12-14(5)9-2/h13-15H,8-12H2,1-7H3. The molecule has 0 fully saturated rings. The van der Waals surface area contributed by atoms with Gasteiger partial charge < -0.3 is 0 Å². The second-order valence-corrected chi connectivity index (χ2v) is 6.56. The van der Waals surface area contributed by atoms with Crippen LogP contribution < -0.4 is 0 Å². The van der Waals surface area contributed by atoms with Crippen LogP contribution in [0.3, 0.4) is 0 Å². The second-order valence-electron chi connectivity index (χ2n) is 6.56. The van der Waals surface area contributed by atoms with Crippen LogP contribution in [0.5, 0.6) is 0 Å². The zero-order valence-electron chi connectivity index (χ0n) is 12.8. The van der Waals surface area contributed by atoms with Crippen LogP contribution in [0.4, 0.5) is 0 Å². The molecule has 0 bridgehead atoms. The van der Waals surface area contributed by atoms with Gasteiger partial charge in [-0.1, -0.05) is 67.7 Å². The van der Waals surface area contributed by atoms with Crippen molar-refractivity contribution in [3.8, 4) is 0 Å². The molecule has 98 valence electrons. The van der Waals surface area contributed by atoms with Crippen LogP contribution in [0, 0.1) is 23.2 Å². The summed E-state index contributed by atoms with van der Waals surface area (Å²) in [4.78, 5) is 0. The van der Waals surface area contributed by atoms with Crippen molar-refractivity contribution in [1.82, 2.24) is 0 Å². The molecule has 3 unspecified atom stereocenters. The fourth-order valence-corrected chi connectivity index (χ4v) is 2.90. The highest BCUT2D eigenvalue weighted by molar-refractivity contribution is 4.80. The van der Waals surface area contributed by atoms with E-state index in [0.29, 0.717) is 5.41 Å². The van der Waals surface area contributed by atoms with Gasteiger partial charge in [-0.2, -0.15) is 0 Å². The van der Waals surface area contributed by atoms with Crippen LogP contribution in [-0.4, -0.2) is 0 Å². The van der Waals surface area contributed by atoms with Crippen molar-refractivity contribution < 1.29 is 0 Å². The summed E-state index contributed by atoms with van der Waals surface area (Å²) in [6.45, 7) is 16.8. The van der Waals surface area contributed by atoms with Gasteiger partial charge in [0.05, 0.1) is 0 Å². The first-order valence-electron chi connectivity index (χ1n) is 7.37. The van der Waals surface area contributed by atoms with E-state index in [1.807, 2.05) is 0 Å². The Bertz CT molecular complexity index is 169. The number of hydrogen-bond acceptors (Lipinski definition) is 0. The molecule has 0 aromatic carbocycles. The molecule has 0 aromatic heterocycles. The Labute approximate surface area is 104 Å². The Morgan fingerprint density at radius 3 is 1.69 bits per heavy atom. The molecule has 0 nitrogen and oxygen atoms in total.